The second-order valence-corrected chi connectivity index (χ2v) is 11.1. The molecule has 0 radical (unpaired) electrons. The van der Waals surface area contributed by atoms with E-state index in [1.165, 1.54) is 0 Å². The molecule has 11 nitrogen and oxygen atoms in total. The van der Waals surface area contributed by atoms with Crippen LogP contribution in [-0.2, 0) is 17.9 Å². The number of nitrogens with zero attached hydrogens (tertiary/aromatic N) is 3. The van der Waals surface area contributed by atoms with Crippen molar-refractivity contribution >= 4 is 40.6 Å². The number of rotatable bonds is 14. The van der Waals surface area contributed by atoms with Gasteiger partial charge in [-0.2, -0.15) is 0 Å². The molecule has 1 atom stereocenters. The first-order valence-electron chi connectivity index (χ1n) is 14.5. The van der Waals surface area contributed by atoms with Gasteiger partial charge < -0.3 is 35.8 Å². The standard InChI is InChI=1S/C32H35Cl2N7O4/c1-44-30-19(16-35-14-15-42)10-12-38-31(30)40-25-5-3-4-23(27(25)33)29-28(34)22(11-13-37-29)24-8-6-20(32(41-24)45-2)17-36-18-21-7-9-26(43)39-21/h3-6,8,10-13,21,35-36,42H,7,9,14-18H2,1-2H3,(H,38,40)(H,39,43). The van der Waals surface area contributed by atoms with Crippen LogP contribution in [-0.4, -0.2) is 65.9 Å². The molecule has 5 N–H and O–H groups in total. The smallest absolute Gasteiger partial charge is 0.220 e. The van der Waals surface area contributed by atoms with Crippen LogP contribution in [0.1, 0.15) is 24.0 Å². The number of aliphatic hydroxyl groups excluding tert-OH is 1. The molecule has 0 bridgehead atoms. The first-order chi connectivity index (χ1) is 21.9. The zero-order valence-electron chi connectivity index (χ0n) is 25.0. The highest BCUT2D eigenvalue weighted by molar-refractivity contribution is 6.39. The molecule has 0 aliphatic carbocycles. The van der Waals surface area contributed by atoms with Crippen LogP contribution in [0.5, 0.6) is 11.6 Å². The van der Waals surface area contributed by atoms with Gasteiger partial charge in [0.1, 0.15) is 0 Å². The molecule has 45 heavy (non-hydrogen) atoms. The number of nitrogens with one attached hydrogen (secondary N) is 4. The zero-order valence-corrected chi connectivity index (χ0v) is 26.5. The van der Waals surface area contributed by atoms with Gasteiger partial charge in [-0.1, -0.05) is 41.4 Å². The average molecular weight is 653 g/mol. The van der Waals surface area contributed by atoms with E-state index in [-0.39, 0.29) is 18.6 Å². The summed E-state index contributed by atoms with van der Waals surface area (Å²) < 4.78 is 11.3. The minimum Gasteiger partial charge on any atom is -0.493 e. The highest BCUT2D eigenvalue weighted by Gasteiger charge is 2.21. The summed E-state index contributed by atoms with van der Waals surface area (Å²) in [5.74, 6) is 1.62. The summed E-state index contributed by atoms with van der Waals surface area (Å²) >= 11 is 13.9. The van der Waals surface area contributed by atoms with E-state index in [2.05, 4.69) is 31.2 Å². The Kier molecular flexibility index (Phi) is 11.0. The third-order valence-corrected chi connectivity index (χ3v) is 8.18. The molecule has 236 valence electrons. The number of aromatic nitrogens is 3. The predicted molar refractivity (Wildman–Crippen MR) is 175 cm³/mol. The van der Waals surface area contributed by atoms with E-state index in [1.54, 1.807) is 32.7 Å². The number of carbonyl (C=O) groups is 1. The Morgan fingerprint density at radius 1 is 0.956 bits per heavy atom. The number of carbonyl (C=O) groups excluding carboxylic acids is 1. The molecule has 1 aliphatic heterocycles. The van der Waals surface area contributed by atoms with E-state index < -0.39 is 0 Å². The van der Waals surface area contributed by atoms with Crippen LogP contribution in [0, 0.1) is 0 Å². The van der Waals surface area contributed by atoms with Gasteiger partial charge in [0.05, 0.1) is 47.9 Å². The van der Waals surface area contributed by atoms with Gasteiger partial charge in [-0.3, -0.25) is 9.78 Å². The van der Waals surface area contributed by atoms with E-state index in [4.69, 9.17) is 42.8 Å². The summed E-state index contributed by atoms with van der Waals surface area (Å²) in [6.07, 6.45) is 4.74. The number of aliphatic hydroxyl groups is 1. The van der Waals surface area contributed by atoms with Crippen LogP contribution < -0.4 is 30.7 Å². The number of pyridine rings is 3. The van der Waals surface area contributed by atoms with Crippen LogP contribution in [0.2, 0.25) is 10.0 Å². The molecule has 3 aromatic heterocycles. The van der Waals surface area contributed by atoms with Crippen LogP contribution in [0.25, 0.3) is 22.5 Å². The van der Waals surface area contributed by atoms with Gasteiger partial charge in [0.25, 0.3) is 0 Å². The lowest BCUT2D eigenvalue weighted by molar-refractivity contribution is -0.119. The fourth-order valence-corrected chi connectivity index (χ4v) is 5.73. The molecule has 4 aromatic rings. The number of ether oxygens (including phenoxy) is 2. The van der Waals surface area contributed by atoms with Gasteiger partial charge in [0.2, 0.25) is 11.8 Å². The topological polar surface area (TPSA) is 143 Å². The number of methoxy groups -OCH3 is 2. The highest BCUT2D eigenvalue weighted by Crippen LogP contribution is 2.41. The van der Waals surface area contributed by atoms with Gasteiger partial charge in [-0.05, 0) is 30.7 Å². The van der Waals surface area contributed by atoms with E-state index >= 15 is 0 Å². The summed E-state index contributed by atoms with van der Waals surface area (Å²) in [5.41, 5.74) is 4.77. The molecule has 1 amide bonds. The lowest BCUT2D eigenvalue weighted by atomic mass is 10.1. The predicted octanol–water partition coefficient (Wildman–Crippen LogP) is 4.72. The molecule has 1 unspecified atom stereocenters. The average Bonchev–Trinajstić information content (AvgIpc) is 3.47. The monoisotopic (exact) mass is 651 g/mol. The number of amides is 1. The lowest BCUT2D eigenvalue weighted by Crippen LogP contribution is -2.35. The maximum absolute atomic E-state index is 11.5. The SMILES string of the molecule is COc1nc(-c2ccnc(-c3cccc(Nc4nccc(CNCCO)c4OC)c3Cl)c2Cl)ccc1CNCC1CCC(=O)N1. The minimum absolute atomic E-state index is 0.0361. The van der Waals surface area contributed by atoms with Crippen molar-refractivity contribution in [1.82, 2.24) is 30.9 Å². The molecular weight excluding hydrogens is 617 g/mol. The largest absolute Gasteiger partial charge is 0.493 e. The van der Waals surface area contributed by atoms with Crippen LogP contribution in [0.15, 0.2) is 54.9 Å². The van der Waals surface area contributed by atoms with Crippen molar-refractivity contribution in [3.63, 3.8) is 0 Å². The molecule has 5 rings (SSSR count). The van der Waals surface area contributed by atoms with Crippen molar-refractivity contribution in [2.24, 2.45) is 0 Å². The number of anilines is 2. The molecule has 1 saturated heterocycles. The Morgan fingerprint density at radius 3 is 2.53 bits per heavy atom. The highest BCUT2D eigenvalue weighted by atomic mass is 35.5. The van der Waals surface area contributed by atoms with Gasteiger partial charge in [0, 0.05) is 73.3 Å². The first-order valence-corrected chi connectivity index (χ1v) is 15.3. The summed E-state index contributed by atoms with van der Waals surface area (Å²) in [6, 6.07) is 13.2. The molecule has 0 spiro atoms. The third kappa shape index (κ3) is 7.63. The van der Waals surface area contributed by atoms with E-state index in [9.17, 15) is 4.79 Å². The molecule has 4 heterocycles. The summed E-state index contributed by atoms with van der Waals surface area (Å²) in [5, 5.41) is 22.7. The van der Waals surface area contributed by atoms with Crippen molar-refractivity contribution in [2.45, 2.75) is 32.0 Å². The van der Waals surface area contributed by atoms with E-state index in [1.807, 2.05) is 36.4 Å². The normalized spacial score (nSPS) is 14.3. The molecule has 13 heteroatoms. The summed E-state index contributed by atoms with van der Waals surface area (Å²) in [7, 11) is 3.16. The fourth-order valence-electron chi connectivity index (χ4n) is 5.16. The Morgan fingerprint density at radius 2 is 1.78 bits per heavy atom. The fraction of sp³-hybridized carbons (Fsp3) is 0.312. The van der Waals surface area contributed by atoms with Gasteiger partial charge in [0.15, 0.2) is 11.6 Å². The number of hydrogen-bond acceptors (Lipinski definition) is 10. The first kappa shape index (κ1) is 32.4. The van der Waals surface area contributed by atoms with Crippen LogP contribution in [0.4, 0.5) is 11.5 Å². The Hall–Kier alpha value is -4.00. The Bertz CT molecular complexity index is 1660. The zero-order chi connectivity index (χ0) is 31.8. The Balaban J connectivity index is 1.38. The molecule has 0 saturated carbocycles. The molecule has 1 fully saturated rings. The second-order valence-electron chi connectivity index (χ2n) is 10.4. The van der Waals surface area contributed by atoms with Crippen molar-refractivity contribution < 1.29 is 19.4 Å². The van der Waals surface area contributed by atoms with Gasteiger partial charge in [-0.15, -0.1) is 0 Å². The third-order valence-electron chi connectivity index (χ3n) is 7.39. The van der Waals surface area contributed by atoms with Crippen molar-refractivity contribution in [3.05, 3.63) is 76.0 Å². The maximum Gasteiger partial charge on any atom is 0.220 e. The second kappa shape index (κ2) is 15.3. The van der Waals surface area contributed by atoms with Crippen LogP contribution in [0.3, 0.4) is 0 Å². The van der Waals surface area contributed by atoms with Crippen molar-refractivity contribution in [2.75, 3.05) is 39.2 Å². The molecule has 1 aromatic carbocycles. The van der Waals surface area contributed by atoms with Crippen molar-refractivity contribution in [3.8, 4) is 34.1 Å². The van der Waals surface area contributed by atoms with Gasteiger partial charge in [-0.25, -0.2) is 9.97 Å². The van der Waals surface area contributed by atoms with E-state index in [0.717, 1.165) is 17.5 Å². The van der Waals surface area contributed by atoms with Crippen LogP contribution >= 0.6 is 23.2 Å². The quantitative estimate of drug-likeness (QED) is 0.122. The summed E-state index contributed by atoms with van der Waals surface area (Å²) in [4.78, 5) is 25.2. The lowest BCUT2D eigenvalue weighted by Gasteiger charge is -2.17. The molecule has 1 aliphatic rings. The van der Waals surface area contributed by atoms with Crippen molar-refractivity contribution in [1.29, 1.82) is 0 Å². The number of benzene rings is 1. The Labute approximate surface area is 271 Å². The minimum atomic E-state index is 0.0361. The van der Waals surface area contributed by atoms with E-state index in [0.29, 0.717) is 88.3 Å². The summed E-state index contributed by atoms with van der Waals surface area (Å²) in [6.45, 7) is 2.20. The van der Waals surface area contributed by atoms with Gasteiger partial charge >= 0.3 is 0 Å². The molecular formula is C32H35Cl2N7O4. The maximum atomic E-state index is 11.5. The number of halogens is 2. The number of hydrogen-bond donors (Lipinski definition) is 5.